The third kappa shape index (κ3) is 4.37. The molecule has 6 aromatic rings. The van der Waals surface area contributed by atoms with Crippen molar-refractivity contribution >= 4 is 43.5 Å². The molecule has 43 heavy (non-hydrogen) atoms. The van der Waals surface area contributed by atoms with Crippen LogP contribution in [0.1, 0.15) is 23.7 Å². The quantitative estimate of drug-likeness (QED) is 0.188. The molecule has 1 aliphatic heterocycles. The second kappa shape index (κ2) is 9.81. The van der Waals surface area contributed by atoms with Gasteiger partial charge in [-0.15, -0.1) is 0 Å². The summed E-state index contributed by atoms with van der Waals surface area (Å²) in [5.41, 5.74) is 5.44. The van der Waals surface area contributed by atoms with Gasteiger partial charge >= 0.3 is 0 Å². The average Bonchev–Trinajstić information content (AvgIpc) is 3.58. The van der Waals surface area contributed by atoms with Crippen LogP contribution >= 0.6 is 0 Å². The number of halogens is 1. The molecule has 0 radical (unpaired) electrons. The maximum atomic E-state index is 13.7. The van der Waals surface area contributed by atoms with E-state index in [-0.39, 0.29) is 12.2 Å². The SMILES string of the molecule is CCC(=O)c1c(-c2ccc(F)cc2)oc2cc(N(C)S(C)(=O)=O)c(-c3ccc4c(c3)-c3nc5ccccc5n3CO4)cc12. The van der Waals surface area contributed by atoms with Crippen LogP contribution in [0.25, 0.3) is 55.8 Å². The molecule has 0 bridgehead atoms. The summed E-state index contributed by atoms with van der Waals surface area (Å²) < 4.78 is 54.8. The summed E-state index contributed by atoms with van der Waals surface area (Å²) in [6, 6.07) is 22.6. The fourth-order valence-corrected chi connectivity index (χ4v) is 6.11. The molecule has 0 fully saturated rings. The summed E-state index contributed by atoms with van der Waals surface area (Å²) in [6.07, 6.45) is 1.34. The van der Waals surface area contributed by atoms with Gasteiger partial charge in [-0.05, 0) is 60.2 Å². The monoisotopic (exact) mass is 595 g/mol. The number of ketones is 1. The number of rotatable bonds is 6. The van der Waals surface area contributed by atoms with Crippen molar-refractivity contribution in [2.45, 2.75) is 20.1 Å². The summed E-state index contributed by atoms with van der Waals surface area (Å²) in [6.45, 7) is 2.08. The van der Waals surface area contributed by atoms with Crippen LogP contribution in [0, 0.1) is 5.82 Å². The van der Waals surface area contributed by atoms with E-state index in [0.29, 0.717) is 57.2 Å². The van der Waals surface area contributed by atoms with Crippen LogP contribution < -0.4 is 9.04 Å². The first-order chi connectivity index (χ1) is 20.6. The van der Waals surface area contributed by atoms with Crippen LogP contribution in [0.2, 0.25) is 0 Å². The van der Waals surface area contributed by atoms with Gasteiger partial charge in [-0.25, -0.2) is 17.8 Å². The third-order valence-electron chi connectivity index (χ3n) is 7.88. The lowest BCUT2D eigenvalue weighted by Gasteiger charge is -2.23. The Morgan fingerprint density at radius 3 is 2.49 bits per heavy atom. The molecule has 0 unspecified atom stereocenters. The minimum Gasteiger partial charge on any atom is -0.472 e. The van der Waals surface area contributed by atoms with Gasteiger partial charge in [-0.1, -0.05) is 25.1 Å². The highest BCUT2D eigenvalue weighted by Gasteiger charge is 2.27. The van der Waals surface area contributed by atoms with Crippen LogP contribution in [-0.4, -0.2) is 37.1 Å². The second-order valence-electron chi connectivity index (χ2n) is 10.5. The number of hydrogen-bond donors (Lipinski definition) is 0. The van der Waals surface area contributed by atoms with Gasteiger partial charge in [0.25, 0.3) is 0 Å². The third-order valence-corrected chi connectivity index (χ3v) is 9.08. The maximum Gasteiger partial charge on any atom is 0.232 e. The van der Waals surface area contributed by atoms with Crippen LogP contribution in [0.15, 0.2) is 83.3 Å². The Labute approximate surface area is 247 Å². The Balaban J connectivity index is 1.49. The summed E-state index contributed by atoms with van der Waals surface area (Å²) in [4.78, 5) is 18.2. The number of fused-ring (bicyclic) bond motifs is 6. The number of para-hydroxylation sites is 2. The van der Waals surface area contributed by atoms with E-state index in [2.05, 4.69) is 0 Å². The van der Waals surface area contributed by atoms with Crippen molar-refractivity contribution in [2.75, 3.05) is 17.6 Å². The van der Waals surface area contributed by atoms with E-state index in [9.17, 15) is 17.6 Å². The Kier molecular flexibility index (Phi) is 6.14. The highest BCUT2D eigenvalue weighted by molar-refractivity contribution is 7.92. The number of carbonyl (C=O) groups is 1. The van der Waals surface area contributed by atoms with Crippen LogP contribution in [-0.2, 0) is 16.8 Å². The zero-order valence-corrected chi connectivity index (χ0v) is 24.4. The van der Waals surface area contributed by atoms with Gasteiger partial charge < -0.3 is 9.15 Å². The zero-order valence-electron chi connectivity index (χ0n) is 23.6. The molecule has 0 aliphatic carbocycles. The minimum atomic E-state index is -3.68. The molecule has 216 valence electrons. The zero-order chi connectivity index (χ0) is 30.0. The normalized spacial score (nSPS) is 12.7. The Hall–Kier alpha value is -4.96. The number of hydrogen-bond acceptors (Lipinski definition) is 6. The lowest BCUT2D eigenvalue weighted by atomic mass is 9.95. The Morgan fingerprint density at radius 1 is 1.00 bits per heavy atom. The number of Topliss-reactive ketones (excluding diaryl/α,β-unsaturated/α-hetero) is 1. The predicted octanol–water partition coefficient (Wildman–Crippen LogP) is 7.26. The van der Waals surface area contributed by atoms with Gasteiger partial charge in [0.2, 0.25) is 10.0 Å². The lowest BCUT2D eigenvalue weighted by molar-refractivity contribution is 0.0989. The van der Waals surface area contributed by atoms with Crippen LogP contribution in [0.5, 0.6) is 5.75 Å². The number of imidazole rings is 1. The van der Waals surface area contributed by atoms with Gasteiger partial charge in [-0.3, -0.25) is 13.7 Å². The number of nitrogens with zero attached hydrogens (tertiary/aromatic N) is 3. The highest BCUT2D eigenvalue weighted by atomic mass is 32.2. The number of aromatic nitrogens is 2. The molecule has 4 aromatic carbocycles. The maximum absolute atomic E-state index is 13.7. The standard InChI is InChI=1S/C33H26FN3O5S/c1-4-28(38)31-23-16-22(20-11-14-29-24(15-20)33-35-25-7-5-6-8-26(25)37(33)18-41-29)27(36(2)43(3,39)40)17-30(23)42-32(31)19-9-12-21(34)13-10-19/h5-17H,4,18H2,1-3H3. The predicted molar refractivity (Wildman–Crippen MR) is 164 cm³/mol. The second-order valence-corrected chi connectivity index (χ2v) is 12.5. The molecule has 0 amide bonds. The summed E-state index contributed by atoms with van der Waals surface area (Å²) in [5, 5.41) is 0.535. The topological polar surface area (TPSA) is 94.6 Å². The number of anilines is 1. The van der Waals surface area contributed by atoms with Crippen LogP contribution in [0.3, 0.4) is 0 Å². The van der Waals surface area contributed by atoms with Crippen molar-refractivity contribution in [3.8, 4) is 39.6 Å². The fraction of sp³-hybridized carbons (Fsp3) is 0.152. The molecule has 3 heterocycles. The molecule has 0 atom stereocenters. The van der Waals surface area contributed by atoms with Crippen molar-refractivity contribution in [1.29, 1.82) is 0 Å². The number of carbonyl (C=O) groups excluding carboxylic acids is 1. The van der Waals surface area contributed by atoms with E-state index < -0.39 is 15.8 Å². The largest absolute Gasteiger partial charge is 0.472 e. The van der Waals surface area contributed by atoms with E-state index in [1.165, 1.54) is 23.5 Å². The molecule has 0 spiro atoms. The number of ether oxygens (including phenoxy) is 1. The first-order valence-corrected chi connectivity index (χ1v) is 15.6. The van der Waals surface area contributed by atoms with Crippen molar-refractivity contribution in [3.05, 3.63) is 90.2 Å². The molecule has 0 saturated heterocycles. The van der Waals surface area contributed by atoms with Crippen LogP contribution in [0.4, 0.5) is 10.1 Å². The average molecular weight is 596 g/mol. The van der Waals surface area contributed by atoms with Gasteiger partial charge in [-0.2, -0.15) is 0 Å². The Morgan fingerprint density at radius 2 is 1.74 bits per heavy atom. The lowest BCUT2D eigenvalue weighted by Crippen LogP contribution is -2.25. The van der Waals surface area contributed by atoms with E-state index in [4.69, 9.17) is 14.1 Å². The van der Waals surface area contributed by atoms with E-state index in [1.54, 1.807) is 31.2 Å². The summed E-state index contributed by atoms with van der Waals surface area (Å²) >= 11 is 0. The molecule has 10 heteroatoms. The highest BCUT2D eigenvalue weighted by Crippen LogP contribution is 2.44. The van der Waals surface area contributed by atoms with Gasteiger partial charge in [0.05, 0.1) is 34.1 Å². The molecule has 7 rings (SSSR count). The Bertz CT molecular complexity index is 2200. The smallest absolute Gasteiger partial charge is 0.232 e. The summed E-state index contributed by atoms with van der Waals surface area (Å²) in [5.74, 6) is 1.15. The van der Waals surface area contributed by atoms with Gasteiger partial charge in [0.15, 0.2) is 12.5 Å². The molecule has 0 saturated carbocycles. The first kappa shape index (κ1) is 26.9. The van der Waals surface area contributed by atoms with Gasteiger partial charge in [0, 0.05) is 36.0 Å². The summed E-state index contributed by atoms with van der Waals surface area (Å²) in [7, 11) is -2.20. The van der Waals surface area contributed by atoms with E-state index in [0.717, 1.165) is 28.7 Å². The van der Waals surface area contributed by atoms with Crippen molar-refractivity contribution in [3.63, 3.8) is 0 Å². The molecule has 1 aliphatic rings. The van der Waals surface area contributed by atoms with Gasteiger partial charge in [0.1, 0.15) is 28.7 Å². The van der Waals surface area contributed by atoms with E-state index >= 15 is 0 Å². The molecule has 0 N–H and O–H groups in total. The molecular weight excluding hydrogens is 569 g/mol. The van der Waals surface area contributed by atoms with Crippen molar-refractivity contribution in [1.82, 2.24) is 9.55 Å². The van der Waals surface area contributed by atoms with Crippen molar-refractivity contribution in [2.24, 2.45) is 0 Å². The van der Waals surface area contributed by atoms with Crippen molar-refractivity contribution < 1.29 is 26.8 Å². The number of sulfonamides is 1. The minimum absolute atomic E-state index is 0.152. The fourth-order valence-electron chi connectivity index (χ4n) is 5.60. The molecule has 8 nitrogen and oxygen atoms in total. The molecule has 2 aromatic heterocycles. The first-order valence-electron chi connectivity index (χ1n) is 13.7. The number of furan rings is 1. The van der Waals surface area contributed by atoms with E-state index in [1.807, 2.05) is 47.0 Å². The molecular formula is C33H26FN3O5S. The number of benzene rings is 4.